The van der Waals surface area contributed by atoms with E-state index in [0.29, 0.717) is 24.3 Å². The number of nitrogens with two attached hydrogens (primary N) is 1. The third kappa shape index (κ3) is 4.53. The summed E-state index contributed by atoms with van der Waals surface area (Å²) in [7, 11) is 2.04. The summed E-state index contributed by atoms with van der Waals surface area (Å²) < 4.78 is 5.62. The number of hydrogen-bond donors (Lipinski definition) is 2. The molecule has 0 aromatic carbocycles. The average molecular weight is 288 g/mol. The largest absolute Gasteiger partial charge is 0.374 e. The van der Waals surface area contributed by atoms with E-state index in [1.165, 1.54) is 0 Å². The molecule has 112 valence electrons. The Labute approximate surface area is 124 Å². The molecule has 1 aliphatic rings. The fraction of sp³-hybridized carbons (Fsp3) is 0.467. The van der Waals surface area contributed by atoms with Crippen LogP contribution in [-0.2, 0) is 4.74 Å². The molecule has 3 N–H and O–H groups in total. The van der Waals surface area contributed by atoms with E-state index in [1.54, 1.807) is 18.5 Å². The zero-order valence-corrected chi connectivity index (χ0v) is 12.1. The van der Waals surface area contributed by atoms with Gasteiger partial charge in [0, 0.05) is 32.0 Å². The Bertz CT molecular complexity index is 550. The molecule has 1 atom stereocenters. The Morgan fingerprint density at radius 3 is 3.29 bits per heavy atom. The van der Waals surface area contributed by atoms with Crippen LogP contribution in [0, 0.1) is 11.8 Å². The zero-order chi connectivity index (χ0) is 15.1. The molecule has 1 saturated heterocycles. The molecule has 6 nitrogen and oxygen atoms in total. The van der Waals surface area contributed by atoms with E-state index < -0.39 is 0 Å². The van der Waals surface area contributed by atoms with Crippen LogP contribution in [0.1, 0.15) is 15.9 Å². The number of amides is 1. The lowest BCUT2D eigenvalue weighted by Crippen LogP contribution is -2.46. The molecule has 2 rings (SSSR count). The molecule has 0 radical (unpaired) electrons. The van der Waals surface area contributed by atoms with Crippen molar-refractivity contribution in [1.82, 2.24) is 15.2 Å². The Morgan fingerprint density at radius 2 is 2.52 bits per heavy atom. The highest BCUT2D eigenvalue weighted by molar-refractivity contribution is 5.96. The van der Waals surface area contributed by atoms with Gasteiger partial charge in [-0.15, -0.1) is 0 Å². The van der Waals surface area contributed by atoms with Gasteiger partial charge in [0.15, 0.2) is 0 Å². The molecule has 0 aliphatic carbocycles. The normalized spacial score (nSPS) is 18.7. The summed E-state index contributed by atoms with van der Waals surface area (Å²) in [6.45, 7) is 3.16. The molecule has 1 aliphatic heterocycles. The van der Waals surface area contributed by atoms with Crippen LogP contribution in [0.4, 0.5) is 0 Å². The van der Waals surface area contributed by atoms with Crippen LogP contribution in [0.15, 0.2) is 18.5 Å². The lowest BCUT2D eigenvalue weighted by molar-refractivity contribution is -0.0175. The maximum atomic E-state index is 12.2. The summed E-state index contributed by atoms with van der Waals surface area (Å²) in [6, 6.07) is 1.66. The molecule has 0 saturated carbocycles. The fourth-order valence-corrected chi connectivity index (χ4v) is 2.13. The molecule has 1 aromatic rings. The maximum Gasteiger partial charge on any atom is 0.252 e. The Balaban J connectivity index is 1.97. The van der Waals surface area contributed by atoms with Crippen LogP contribution in [0.3, 0.4) is 0 Å². The van der Waals surface area contributed by atoms with Gasteiger partial charge in [-0.25, -0.2) is 0 Å². The van der Waals surface area contributed by atoms with Crippen molar-refractivity contribution < 1.29 is 9.53 Å². The standard InChI is InChI=1S/C15H20N4O2/c1-19-7-8-21-13(11-19)10-18-15(20)14-4-6-17-9-12(14)3-2-5-16/h4,6,9,13H,5,7-8,10-11,16H2,1H3,(H,18,20). The molecule has 1 unspecified atom stereocenters. The first kappa shape index (κ1) is 15.4. The molecule has 1 amide bonds. The van der Waals surface area contributed by atoms with Crippen molar-refractivity contribution >= 4 is 5.91 Å². The molecular formula is C15H20N4O2. The topological polar surface area (TPSA) is 80.5 Å². The third-order valence-electron chi connectivity index (χ3n) is 3.22. The quantitative estimate of drug-likeness (QED) is 0.730. The van der Waals surface area contributed by atoms with E-state index in [9.17, 15) is 4.79 Å². The van der Waals surface area contributed by atoms with E-state index in [-0.39, 0.29) is 18.6 Å². The summed E-state index contributed by atoms with van der Waals surface area (Å²) in [5, 5.41) is 2.89. The number of aromatic nitrogens is 1. The highest BCUT2D eigenvalue weighted by Gasteiger charge is 2.19. The molecule has 21 heavy (non-hydrogen) atoms. The Kier molecular flexibility index (Phi) is 5.69. The lowest BCUT2D eigenvalue weighted by Gasteiger charge is -2.30. The first-order chi connectivity index (χ1) is 10.2. The SMILES string of the molecule is CN1CCOC(CNC(=O)c2ccncc2C#CCN)C1. The van der Waals surface area contributed by atoms with Gasteiger partial charge in [-0.2, -0.15) is 0 Å². The number of likely N-dealkylation sites (N-methyl/N-ethyl adjacent to an activating group) is 1. The van der Waals surface area contributed by atoms with Crippen molar-refractivity contribution in [2.24, 2.45) is 5.73 Å². The first-order valence-corrected chi connectivity index (χ1v) is 6.92. The van der Waals surface area contributed by atoms with E-state index in [2.05, 4.69) is 27.0 Å². The van der Waals surface area contributed by atoms with Gasteiger partial charge in [0.2, 0.25) is 0 Å². The fourth-order valence-electron chi connectivity index (χ4n) is 2.13. The lowest BCUT2D eigenvalue weighted by atomic mass is 10.1. The molecular weight excluding hydrogens is 268 g/mol. The second-order valence-electron chi connectivity index (χ2n) is 4.89. The predicted octanol–water partition coefficient (Wildman–Crippen LogP) is -0.548. The minimum absolute atomic E-state index is 0.0214. The van der Waals surface area contributed by atoms with E-state index >= 15 is 0 Å². The monoisotopic (exact) mass is 288 g/mol. The highest BCUT2D eigenvalue weighted by atomic mass is 16.5. The molecule has 0 bridgehead atoms. The second-order valence-corrected chi connectivity index (χ2v) is 4.89. The molecule has 0 spiro atoms. The van der Waals surface area contributed by atoms with Gasteiger partial charge in [-0.1, -0.05) is 11.8 Å². The van der Waals surface area contributed by atoms with Gasteiger partial charge in [-0.3, -0.25) is 9.78 Å². The second kappa shape index (κ2) is 7.74. The number of rotatable bonds is 3. The smallest absolute Gasteiger partial charge is 0.252 e. The number of pyridine rings is 1. The van der Waals surface area contributed by atoms with E-state index in [4.69, 9.17) is 10.5 Å². The molecule has 1 aromatic heterocycles. The van der Waals surface area contributed by atoms with E-state index in [0.717, 1.165) is 13.1 Å². The third-order valence-corrected chi connectivity index (χ3v) is 3.22. The molecule has 6 heteroatoms. The summed E-state index contributed by atoms with van der Waals surface area (Å²) in [5.74, 6) is 5.43. The minimum Gasteiger partial charge on any atom is -0.374 e. The summed E-state index contributed by atoms with van der Waals surface area (Å²) >= 11 is 0. The number of carbonyl (C=O) groups is 1. The Hall–Kier alpha value is -1.94. The summed E-state index contributed by atoms with van der Waals surface area (Å²) in [6.07, 6.45) is 3.17. The number of ether oxygens (including phenoxy) is 1. The van der Waals surface area contributed by atoms with Crippen LogP contribution >= 0.6 is 0 Å². The van der Waals surface area contributed by atoms with Crippen LogP contribution in [0.5, 0.6) is 0 Å². The van der Waals surface area contributed by atoms with Crippen LogP contribution in [-0.4, -0.2) is 61.7 Å². The van der Waals surface area contributed by atoms with Crippen molar-refractivity contribution in [1.29, 1.82) is 0 Å². The first-order valence-electron chi connectivity index (χ1n) is 6.92. The van der Waals surface area contributed by atoms with Crippen LogP contribution in [0.25, 0.3) is 0 Å². The van der Waals surface area contributed by atoms with Gasteiger partial charge >= 0.3 is 0 Å². The van der Waals surface area contributed by atoms with Crippen molar-refractivity contribution in [2.45, 2.75) is 6.10 Å². The number of nitrogens with one attached hydrogen (secondary N) is 1. The molecule has 2 heterocycles. The maximum absolute atomic E-state index is 12.2. The minimum atomic E-state index is -0.171. The van der Waals surface area contributed by atoms with Crippen molar-refractivity contribution in [3.8, 4) is 11.8 Å². The Morgan fingerprint density at radius 1 is 1.67 bits per heavy atom. The summed E-state index contributed by atoms with van der Waals surface area (Å²) in [5.41, 5.74) is 6.45. The van der Waals surface area contributed by atoms with Crippen LogP contribution in [0.2, 0.25) is 0 Å². The van der Waals surface area contributed by atoms with E-state index in [1.807, 2.05) is 7.05 Å². The number of carbonyl (C=O) groups excluding carboxylic acids is 1. The van der Waals surface area contributed by atoms with Gasteiger partial charge in [-0.05, 0) is 13.1 Å². The van der Waals surface area contributed by atoms with Crippen molar-refractivity contribution in [3.63, 3.8) is 0 Å². The average Bonchev–Trinajstić information content (AvgIpc) is 2.51. The van der Waals surface area contributed by atoms with Crippen molar-refractivity contribution in [3.05, 3.63) is 29.6 Å². The predicted molar refractivity (Wildman–Crippen MR) is 79.7 cm³/mol. The van der Waals surface area contributed by atoms with Gasteiger partial charge in [0.05, 0.1) is 30.4 Å². The van der Waals surface area contributed by atoms with Crippen molar-refractivity contribution in [2.75, 3.05) is 39.8 Å². The zero-order valence-electron chi connectivity index (χ0n) is 12.1. The van der Waals surface area contributed by atoms with Crippen LogP contribution < -0.4 is 11.1 Å². The highest BCUT2D eigenvalue weighted by Crippen LogP contribution is 2.06. The van der Waals surface area contributed by atoms with Gasteiger partial charge < -0.3 is 20.7 Å². The van der Waals surface area contributed by atoms with Gasteiger partial charge in [0.25, 0.3) is 5.91 Å². The summed E-state index contributed by atoms with van der Waals surface area (Å²) in [4.78, 5) is 18.4. The number of hydrogen-bond acceptors (Lipinski definition) is 5. The number of nitrogens with zero attached hydrogens (tertiary/aromatic N) is 2. The molecule has 1 fully saturated rings. The van der Waals surface area contributed by atoms with Gasteiger partial charge in [0.1, 0.15) is 0 Å². The number of morpholine rings is 1.